The summed E-state index contributed by atoms with van der Waals surface area (Å²) in [6.45, 7) is 1.58. The lowest BCUT2D eigenvalue weighted by atomic mass is 9.99. The molecule has 2 amide bonds. The van der Waals surface area contributed by atoms with Crippen LogP contribution in [0.15, 0.2) is 47.1 Å². The normalized spacial score (nSPS) is 13.2. The predicted molar refractivity (Wildman–Crippen MR) is 80.5 cm³/mol. The van der Waals surface area contributed by atoms with Gasteiger partial charge in [0, 0.05) is 11.6 Å². The summed E-state index contributed by atoms with van der Waals surface area (Å²) in [4.78, 5) is 23.4. The lowest BCUT2D eigenvalue weighted by Crippen LogP contribution is -2.52. The molecule has 6 nitrogen and oxygen atoms in total. The molecule has 1 aromatic carbocycles. The molecule has 0 bridgehead atoms. The van der Waals surface area contributed by atoms with Crippen LogP contribution in [0.4, 0.5) is 4.79 Å². The van der Waals surface area contributed by atoms with E-state index in [-0.39, 0.29) is 12.3 Å². The van der Waals surface area contributed by atoms with Gasteiger partial charge in [-0.15, -0.1) is 0 Å². The molecule has 0 aliphatic heterocycles. The maximum Gasteiger partial charge on any atom is 0.337 e. The highest BCUT2D eigenvalue weighted by Crippen LogP contribution is 2.21. The molecular formula is C15H15ClN2O4. The van der Waals surface area contributed by atoms with Gasteiger partial charge in [0.15, 0.2) is 5.54 Å². The Kier molecular flexibility index (Phi) is 4.72. The van der Waals surface area contributed by atoms with Crippen LogP contribution in [0.3, 0.4) is 0 Å². The van der Waals surface area contributed by atoms with Gasteiger partial charge in [0.05, 0.1) is 6.26 Å². The number of carbonyl (C=O) groups excluding carboxylic acids is 1. The molecule has 2 rings (SSSR count). The molecule has 1 atom stereocenters. The summed E-state index contributed by atoms with van der Waals surface area (Å²) in [6.07, 6.45) is 1.35. The number of carboxylic acid groups (broad SMARTS) is 1. The highest BCUT2D eigenvalue weighted by atomic mass is 35.5. The van der Waals surface area contributed by atoms with Crippen molar-refractivity contribution >= 4 is 23.6 Å². The maximum absolute atomic E-state index is 12.0. The number of halogens is 1. The molecule has 3 N–H and O–H groups in total. The van der Waals surface area contributed by atoms with Crippen LogP contribution in [0.25, 0.3) is 0 Å². The van der Waals surface area contributed by atoms with Crippen LogP contribution in [0.1, 0.15) is 18.2 Å². The zero-order valence-corrected chi connectivity index (χ0v) is 12.6. The van der Waals surface area contributed by atoms with E-state index in [2.05, 4.69) is 10.6 Å². The van der Waals surface area contributed by atoms with Crippen molar-refractivity contribution in [2.45, 2.75) is 19.0 Å². The van der Waals surface area contributed by atoms with Gasteiger partial charge in [-0.1, -0.05) is 23.7 Å². The minimum Gasteiger partial charge on any atom is -0.479 e. The standard InChI is InChI=1S/C15H15ClN2O4/c1-15(13(19)20,12-6-3-7-22-12)18-14(21)17-9-10-4-2-5-11(16)8-10/h2-8H,9H2,1H3,(H,19,20)(H2,17,18,21)/t15-/m0/s1. The van der Waals surface area contributed by atoms with Crippen molar-refractivity contribution in [3.63, 3.8) is 0 Å². The third-order valence-corrected chi connectivity index (χ3v) is 3.38. The molecule has 0 radical (unpaired) electrons. The van der Waals surface area contributed by atoms with E-state index in [0.29, 0.717) is 5.02 Å². The molecule has 0 aliphatic rings. The van der Waals surface area contributed by atoms with E-state index in [1.807, 2.05) is 0 Å². The highest BCUT2D eigenvalue weighted by molar-refractivity contribution is 6.30. The number of carbonyl (C=O) groups is 2. The van der Waals surface area contributed by atoms with Crippen molar-refractivity contribution in [1.29, 1.82) is 0 Å². The van der Waals surface area contributed by atoms with Gasteiger partial charge in [-0.05, 0) is 36.8 Å². The van der Waals surface area contributed by atoms with E-state index in [1.165, 1.54) is 19.3 Å². The number of hydrogen-bond donors (Lipinski definition) is 3. The Hall–Kier alpha value is -2.47. The van der Waals surface area contributed by atoms with Gasteiger partial charge < -0.3 is 20.2 Å². The number of hydrogen-bond acceptors (Lipinski definition) is 3. The van der Waals surface area contributed by atoms with Crippen molar-refractivity contribution in [2.75, 3.05) is 0 Å². The largest absolute Gasteiger partial charge is 0.479 e. The van der Waals surface area contributed by atoms with E-state index in [4.69, 9.17) is 16.0 Å². The van der Waals surface area contributed by atoms with Gasteiger partial charge in [-0.2, -0.15) is 0 Å². The van der Waals surface area contributed by atoms with Crippen LogP contribution in [0.2, 0.25) is 5.02 Å². The molecule has 1 heterocycles. The minimum atomic E-state index is -1.65. The summed E-state index contributed by atoms with van der Waals surface area (Å²) < 4.78 is 5.10. The average Bonchev–Trinajstić information content (AvgIpc) is 2.99. The monoisotopic (exact) mass is 322 g/mol. The van der Waals surface area contributed by atoms with E-state index < -0.39 is 17.5 Å². The predicted octanol–water partition coefficient (Wildman–Crippen LogP) is 2.73. The first kappa shape index (κ1) is 15.9. The smallest absolute Gasteiger partial charge is 0.337 e. The number of rotatable bonds is 5. The van der Waals surface area contributed by atoms with Crippen molar-refractivity contribution in [2.24, 2.45) is 0 Å². The molecule has 116 valence electrons. The molecule has 0 aliphatic carbocycles. The van der Waals surface area contributed by atoms with Gasteiger partial charge in [-0.3, -0.25) is 0 Å². The number of nitrogens with one attached hydrogen (secondary N) is 2. The molecule has 7 heteroatoms. The number of urea groups is 1. The van der Waals surface area contributed by atoms with Crippen LogP contribution in [-0.2, 0) is 16.9 Å². The molecule has 1 aromatic heterocycles. The second kappa shape index (κ2) is 6.53. The molecule has 0 spiro atoms. The van der Waals surface area contributed by atoms with Crippen LogP contribution in [0, 0.1) is 0 Å². The quantitative estimate of drug-likeness (QED) is 0.789. The number of amides is 2. The molecule has 0 fully saturated rings. The summed E-state index contributed by atoms with van der Waals surface area (Å²) >= 11 is 5.86. The van der Waals surface area contributed by atoms with E-state index in [1.54, 1.807) is 30.3 Å². The third-order valence-electron chi connectivity index (χ3n) is 3.15. The zero-order chi connectivity index (χ0) is 16.2. The molecule has 0 unspecified atom stereocenters. The van der Waals surface area contributed by atoms with Crippen LogP contribution in [0.5, 0.6) is 0 Å². The Morgan fingerprint density at radius 3 is 2.68 bits per heavy atom. The van der Waals surface area contributed by atoms with Gasteiger partial charge in [0.25, 0.3) is 0 Å². The number of furan rings is 1. The Morgan fingerprint density at radius 2 is 2.09 bits per heavy atom. The summed E-state index contributed by atoms with van der Waals surface area (Å²) in [6, 6.07) is 9.43. The summed E-state index contributed by atoms with van der Waals surface area (Å²) in [5, 5.41) is 14.9. The van der Waals surface area contributed by atoms with Crippen LogP contribution >= 0.6 is 11.6 Å². The van der Waals surface area contributed by atoms with Crippen molar-refractivity contribution in [1.82, 2.24) is 10.6 Å². The van der Waals surface area contributed by atoms with Gasteiger partial charge in [-0.25, -0.2) is 9.59 Å². The number of carboxylic acids is 1. The van der Waals surface area contributed by atoms with Crippen molar-refractivity contribution in [3.8, 4) is 0 Å². The highest BCUT2D eigenvalue weighted by Gasteiger charge is 2.39. The SMILES string of the molecule is C[C@@](NC(=O)NCc1cccc(Cl)c1)(C(=O)O)c1ccco1. The van der Waals surface area contributed by atoms with Gasteiger partial charge >= 0.3 is 12.0 Å². The molecular weight excluding hydrogens is 308 g/mol. The fourth-order valence-corrected chi connectivity index (χ4v) is 2.10. The fourth-order valence-electron chi connectivity index (χ4n) is 1.88. The lowest BCUT2D eigenvalue weighted by molar-refractivity contribution is -0.144. The molecule has 22 heavy (non-hydrogen) atoms. The first-order chi connectivity index (χ1) is 10.4. The number of benzene rings is 1. The van der Waals surface area contributed by atoms with E-state index in [0.717, 1.165) is 5.56 Å². The van der Waals surface area contributed by atoms with Crippen molar-refractivity contribution < 1.29 is 19.1 Å². The average molecular weight is 323 g/mol. The first-order valence-electron chi connectivity index (χ1n) is 6.49. The molecule has 0 saturated carbocycles. The van der Waals surface area contributed by atoms with Crippen molar-refractivity contribution in [3.05, 3.63) is 59.0 Å². The zero-order valence-electron chi connectivity index (χ0n) is 11.8. The number of aliphatic carboxylic acids is 1. The maximum atomic E-state index is 12.0. The van der Waals surface area contributed by atoms with Crippen LogP contribution in [-0.4, -0.2) is 17.1 Å². The molecule has 0 saturated heterocycles. The fraction of sp³-hybridized carbons (Fsp3) is 0.200. The topological polar surface area (TPSA) is 91.6 Å². The minimum absolute atomic E-state index is 0.137. The molecule has 2 aromatic rings. The Balaban J connectivity index is 2.02. The second-order valence-electron chi connectivity index (χ2n) is 4.85. The summed E-state index contributed by atoms with van der Waals surface area (Å²) in [7, 11) is 0. The van der Waals surface area contributed by atoms with Gasteiger partial charge in [0.1, 0.15) is 5.76 Å². The Labute approximate surface area is 132 Å². The lowest BCUT2D eigenvalue weighted by Gasteiger charge is -2.24. The summed E-state index contributed by atoms with van der Waals surface area (Å²) in [5.41, 5.74) is -0.847. The summed E-state index contributed by atoms with van der Waals surface area (Å²) in [5.74, 6) is -1.08. The van der Waals surface area contributed by atoms with E-state index in [9.17, 15) is 14.7 Å². The Morgan fingerprint density at radius 1 is 1.32 bits per heavy atom. The van der Waals surface area contributed by atoms with Gasteiger partial charge in [0.2, 0.25) is 0 Å². The first-order valence-corrected chi connectivity index (χ1v) is 6.87. The van der Waals surface area contributed by atoms with E-state index >= 15 is 0 Å². The second-order valence-corrected chi connectivity index (χ2v) is 5.28. The van der Waals surface area contributed by atoms with Crippen LogP contribution < -0.4 is 10.6 Å². The Bertz CT molecular complexity index is 672. The third kappa shape index (κ3) is 3.59.